The lowest BCUT2D eigenvalue weighted by Gasteiger charge is -2.10. The smallest absolute Gasteiger partial charge is 0.279 e. The van der Waals surface area contributed by atoms with Crippen LogP contribution in [0.25, 0.3) is 0 Å². The Morgan fingerprint density at radius 1 is 1.35 bits per heavy atom. The molecule has 1 aromatic carbocycles. The molecule has 1 aromatic heterocycles. The molecule has 0 spiro atoms. The highest BCUT2D eigenvalue weighted by molar-refractivity contribution is 7.92. The van der Waals surface area contributed by atoms with Crippen LogP contribution in [0.3, 0.4) is 0 Å². The van der Waals surface area contributed by atoms with Gasteiger partial charge in [-0.1, -0.05) is 13.8 Å². The van der Waals surface area contributed by atoms with E-state index in [1.54, 1.807) is 0 Å². The number of hydrogen-bond donors (Lipinski definition) is 4. The number of hydrogen-bond acceptors (Lipinski definition) is 5. The molecule has 0 aliphatic rings. The Bertz CT molecular complexity index is 827. The minimum atomic E-state index is -3.96. The van der Waals surface area contributed by atoms with Crippen LogP contribution in [0.2, 0.25) is 0 Å². The van der Waals surface area contributed by atoms with Gasteiger partial charge in [0, 0.05) is 18.5 Å². The molecule has 0 atom stereocenters. The van der Waals surface area contributed by atoms with Gasteiger partial charge in [-0.2, -0.15) is 8.42 Å². The topological polar surface area (TPSA) is 124 Å². The second-order valence-electron chi connectivity index (χ2n) is 5.20. The maximum atomic E-state index is 12.3. The highest BCUT2D eigenvalue weighted by Gasteiger charge is 2.20. The highest BCUT2D eigenvalue weighted by atomic mass is 32.2. The van der Waals surface area contributed by atoms with E-state index in [9.17, 15) is 18.3 Å². The van der Waals surface area contributed by atoms with Crippen molar-refractivity contribution in [2.45, 2.75) is 24.8 Å². The number of phenolic OH excluding ortho intramolecular Hbond substituents is 1. The number of H-pyrrole nitrogens is 1. The monoisotopic (exact) mass is 338 g/mol. The summed E-state index contributed by atoms with van der Waals surface area (Å²) in [6.07, 6.45) is 1.21. The Balaban J connectivity index is 2.34. The van der Waals surface area contributed by atoms with E-state index in [1.165, 1.54) is 31.4 Å². The molecule has 8 nitrogen and oxygen atoms in total. The first-order valence-corrected chi connectivity index (χ1v) is 8.35. The molecule has 0 aliphatic carbocycles. The summed E-state index contributed by atoms with van der Waals surface area (Å²) in [5.41, 5.74) is 0.127. The largest absolute Gasteiger partial charge is 0.506 e. The number of nitrogens with one attached hydrogen (secondary N) is 3. The fourth-order valence-corrected chi connectivity index (χ4v) is 2.85. The zero-order valence-electron chi connectivity index (χ0n) is 12.9. The SMILES string of the molecule is CNC(=O)c1ccc(O)c(NS(=O)(=O)c2cnc(C(C)C)[nH]2)c1. The van der Waals surface area contributed by atoms with Crippen molar-refractivity contribution in [3.8, 4) is 5.75 Å². The van der Waals surface area contributed by atoms with Gasteiger partial charge < -0.3 is 15.4 Å². The molecule has 9 heteroatoms. The summed E-state index contributed by atoms with van der Waals surface area (Å²) in [6, 6.07) is 3.89. The second kappa shape index (κ2) is 6.29. The van der Waals surface area contributed by atoms with Crippen molar-refractivity contribution in [1.82, 2.24) is 15.3 Å². The third-order valence-electron chi connectivity index (χ3n) is 3.14. The number of aromatic amines is 1. The van der Waals surface area contributed by atoms with Gasteiger partial charge >= 0.3 is 0 Å². The van der Waals surface area contributed by atoms with Gasteiger partial charge in [0.25, 0.3) is 15.9 Å². The van der Waals surface area contributed by atoms with Crippen molar-refractivity contribution in [2.24, 2.45) is 0 Å². The maximum Gasteiger partial charge on any atom is 0.279 e. The molecule has 2 aromatic rings. The van der Waals surface area contributed by atoms with Crippen molar-refractivity contribution < 1.29 is 18.3 Å². The Hall–Kier alpha value is -2.55. The van der Waals surface area contributed by atoms with Crippen LogP contribution in [0.1, 0.15) is 35.9 Å². The molecule has 124 valence electrons. The standard InChI is InChI=1S/C14H18N4O4S/c1-8(2)13-16-7-12(17-13)23(21,22)18-10-6-9(14(20)15-3)4-5-11(10)19/h4-8,18-19H,1-3H3,(H,15,20)(H,16,17). The first kappa shape index (κ1) is 16.8. The second-order valence-corrected chi connectivity index (χ2v) is 6.85. The molecule has 0 fully saturated rings. The van der Waals surface area contributed by atoms with Crippen LogP contribution in [0.5, 0.6) is 5.75 Å². The molecule has 0 unspecified atom stereocenters. The van der Waals surface area contributed by atoms with Crippen molar-refractivity contribution in [3.05, 3.63) is 35.8 Å². The lowest BCUT2D eigenvalue weighted by atomic mass is 10.2. The van der Waals surface area contributed by atoms with Crippen LogP contribution in [0, 0.1) is 0 Å². The number of rotatable bonds is 5. The first-order valence-electron chi connectivity index (χ1n) is 6.87. The number of nitrogens with zero attached hydrogens (tertiary/aromatic N) is 1. The van der Waals surface area contributed by atoms with Gasteiger partial charge in [0.2, 0.25) is 0 Å². The molecule has 4 N–H and O–H groups in total. The van der Waals surface area contributed by atoms with Gasteiger partial charge in [-0.25, -0.2) is 4.98 Å². The summed E-state index contributed by atoms with van der Waals surface area (Å²) >= 11 is 0. The maximum absolute atomic E-state index is 12.3. The molecule has 0 saturated carbocycles. The van der Waals surface area contributed by atoms with Crippen LogP contribution < -0.4 is 10.0 Å². The highest BCUT2D eigenvalue weighted by Crippen LogP contribution is 2.27. The van der Waals surface area contributed by atoms with Gasteiger partial charge in [0.05, 0.1) is 11.9 Å². The first-order chi connectivity index (χ1) is 10.7. The van der Waals surface area contributed by atoms with E-state index < -0.39 is 15.9 Å². The Kier molecular flexibility index (Phi) is 4.60. The number of anilines is 1. The lowest BCUT2D eigenvalue weighted by molar-refractivity contribution is 0.0963. The minimum Gasteiger partial charge on any atom is -0.506 e. The van der Waals surface area contributed by atoms with E-state index in [1.807, 2.05) is 13.8 Å². The number of imidazole rings is 1. The summed E-state index contributed by atoms with van der Waals surface area (Å²) in [5, 5.41) is 12.1. The van der Waals surface area contributed by atoms with Gasteiger partial charge in [-0.05, 0) is 18.2 Å². The van der Waals surface area contributed by atoms with Crippen LogP contribution in [-0.4, -0.2) is 36.4 Å². The Labute approximate surface area is 134 Å². The van der Waals surface area contributed by atoms with Crippen molar-refractivity contribution in [1.29, 1.82) is 0 Å². The molecular weight excluding hydrogens is 320 g/mol. The quantitative estimate of drug-likeness (QED) is 0.613. The van der Waals surface area contributed by atoms with Crippen molar-refractivity contribution >= 4 is 21.6 Å². The van der Waals surface area contributed by atoms with Crippen molar-refractivity contribution in [3.63, 3.8) is 0 Å². The molecule has 0 radical (unpaired) electrons. The van der Waals surface area contributed by atoms with Crippen LogP contribution >= 0.6 is 0 Å². The Morgan fingerprint density at radius 3 is 2.61 bits per heavy atom. The Morgan fingerprint density at radius 2 is 2.04 bits per heavy atom. The number of aromatic nitrogens is 2. The van der Waals surface area contributed by atoms with E-state index >= 15 is 0 Å². The van der Waals surface area contributed by atoms with E-state index in [0.717, 1.165) is 0 Å². The van der Waals surface area contributed by atoms with Crippen LogP contribution in [0.4, 0.5) is 5.69 Å². The van der Waals surface area contributed by atoms with Crippen LogP contribution in [-0.2, 0) is 10.0 Å². The third kappa shape index (κ3) is 3.62. The molecule has 1 amide bonds. The van der Waals surface area contributed by atoms with E-state index in [0.29, 0.717) is 5.82 Å². The van der Waals surface area contributed by atoms with Crippen LogP contribution in [0.15, 0.2) is 29.4 Å². The predicted octanol–water partition coefficient (Wildman–Crippen LogP) is 1.40. The number of carbonyl (C=O) groups is 1. The van der Waals surface area contributed by atoms with Gasteiger partial charge in [0.15, 0.2) is 5.03 Å². The summed E-state index contributed by atoms with van der Waals surface area (Å²) in [6.45, 7) is 3.75. The average Bonchev–Trinajstić information content (AvgIpc) is 2.99. The van der Waals surface area contributed by atoms with E-state index in [-0.39, 0.29) is 27.9 Å². The third-order valence-corrected chi connectivity index (χ3v) is 4.41. The number of amides is 1. The fraction of sp³-hybridized carbons (Fsp3) is 0.286. The average molecular weight is 338 g/mol. The number of phenols is 1. The molecule has 0 aliphatic heterocycles. The van der Waals surface area contributed by atoms with E-state index in [4.69, 9.17) is 0 Å². The molecule has 1 heterocycles. The van der Waals surface area contributed by atoms with Gasteiger partial charge in [-0.15, -0.1) is 0 Å². The molecule has 0 bridgehead atoms. The predicted molar refractivity (Wildman–Crippen MR) is 85.0 cm³/mol. The summed E-state index contributed by atoms with van der Waals surface area (Å²) in [4.78, 5) is 18.3. The van der Waals surface area contributed by atoms with Crippen molar-refractivity contribution in [2.75, 3.05) is 11.8 Å². The molecular formula is C14H18N4O4S. The normalized spacial score (nSPS) is 11.5. The van der Waals surface area contributed by atoms with E-state index in [2.05, 4.69) is 20.0 Å². The number of aromatic hydroxyl groups is 1. The van der Waals surface area contributed by atoms with Gasteiger partial charge in [0.1, 0.15) is 11.6 Å². The minimum absolute atomic E-state index is 0.0453. The lowest BCUT2D eigenvalue weighted by Crippen LogP contribution is -2.18. The zero-order valence-corrected chi connectivity index (χ0v) is 13.7. The fourth-order valence-electron chi connectivity index (χ4n) is 1.85. The molecule has 2 rings (SSSR count). The molecule has 0 saturated heterocycles. The summed E-state index contributed by atoms with van der Waals surface area (Å²) in [7, 11) is -2.50. The number of benzene rings is 1. The molecule has 23 heavy (non-hydrogen) atoms. The number of carbonyl (C=O) groups excluding carboxylic acids is 1. The zero-order chi connectivity index (χ0) is 17.2. The summed E-state index contributed by atoms with van der Waals surface area (Å²) < 4.78 is 26.9. The number of sulfonamides is 1. The van der Waals surface area contributed by atoms with Gasteiger partial charge in [-0.3, -0.25) is 9.52 Å². The summed E-state index contributed by atoms with van der Waals surface area (Å²) in [5.74, 6) is -0.100.